The average Bonchev–Trinajstić information content (AvgIpc) is 2.41. The van der Waals surface area contributed by atoms with Gasteiger partial charge in [0, 0.05) is 51.9 Å². The molecule has 6 nitrogen and oxygen atoms in total. The molecule has 21 heavy (non-hydrogen) atoms. The molecule has 124 valence electrons. The Morgan fingerprint density at radius 3 is 2.24 bits per heavy atom. The van der Waals surface area contributed by atoms with E-state index in [1.165, 1.54) is 6.42 Å². The second-order valence-corrected chi connectivity index (χ2v) is 8.83. The highest BCUT2D eigenvalue weighted by Gasteiger charge is 2.41. The molecule has 1 aliphatic carbocycles. The summed E-state index contributed by atoms with van der Waals surface area (Å²) in [6.07, 6.45) is 3.39. The van der Waals surface area contributed by atoms with Crippen LogP contribution in [0.4, 0.5) is 0 Å². The third-order valence-corrected chi connectivity index (χ3v) is 6.88. The lowest BCUT2D eigenvalue weighted by Gasteiger charge is -2.49. The zero-order valence-electron chi connectivity index (χ0n) is 13.6. The van der Waals surface area contributed by atoms with Crippen molar-refractivity contribution in [2.24, 2.45) is 0 Å². The molecule has 0 amide bonds. The molecule has 2 aliphatic rings. The van der Waals surface area contributed by atoms with Crippen LogP contribution in [0.3, 0.4) is 0 Å². The van der Waals surface area contributed by atoms with E-state index in [-0.39, 0.29) is 11.3 Å². The molecule has 0 aromatic rings. The minimum Gasteiger partial charge on any atom is -0.314 e. The molecule has 2 rings (SSSR count). The Morgan fingerprint density at radius 1 is 1.14 bits per heavy atom. The summed E-state index contributed by atoms with van der Waals surface area (Å²) in [4.78, 5) is 4.42. The van der Waals surface area contributed by atoms with Crippen LogP contribution < -0.4 is 5.32 Å². The molecular weight excluding hydrogens is 288 g/mol. The Balaban J connectivity index is 1.86. The van der Waals surface area contributed by atoms with Gasteiger partial charge in [0.05, 0.1) is 5.75 Å². The zero-order chi connectivity index (χ0) is 15.5. The lowest BCUT2D eigenvalue weighted by Crippen LogP contribution is -2.57. The number of nitrogens with zero attached hydrogens (tertiary/aromatic N) is 3. The van der Waals surface area contributed by atoms with Crippen molar-refractivity contribution in [2.75, 3.05) is 66.2 Å². The van der Waals surface area contributed by atoms with Crippen LogP contribution in [-0.4, -0.2) is 94.2 Å². The molecule has 1 heterocycles. The Bertz CT molecular complexity index is 428. The van der Waals surface area contributed by atoms with Crippen LogP contribution in [-0.2, 0) is 10.0 Å². The molecule has 1 aliphatic heterocycles. The quantitative estimate of drug-likeness (QED) is 0.695. The Labute approximate surface area is 129 Å². The molecular formula is C14H30N4O2S. The van der Waals surface area contributed by atoms with Gasteiger partial charge < -0.3 is 10.2 Å². The Morgan fingerprint density at radius 2 is 1.76 bits per heavy atom. The monoisotopic (exact) mass is 318 g/mol. The smallest absolute Gasteiger partial charge is 0.215 e. The summed E-state index contributed by atoms with van der Waals surface area (Å²) in [7, 11) is 2.69. The van der Waals surface area contributed by atoms with Gasteiger partial charge in [0.1, 0.15) is 0 Å². The van der Waals surface area contributed by atoms with Crippen molar-refractivity contribution in [2.45, 2.75) is 24.8 Å². The molecule has 1 saturated carbocycles. The molecule has 0 aromatic carbocycles. The van der Waals surface area contributed by atoms with E-state index < -0.39 is 10.0 Å². The predicted octanol–water partition coefficient (Wildman–Crippen LogP) is -0.362. The van der Waals surface area contributed by atoms with Crippen molar-refractivity contribution in [3.63, 3.8) is 0 Å². The molecule has 0 unspecified atom stereocenters. The third kappa shape index (κ3) is 4.16. The van der Waals surface area contributed by atoms with Gasteiger partial charge in [-0.2, -0.15) is 0 Å². The highest BCUT2D eigenvalue weighted by Crippen LogP contribution is 2.37. The first-order valence-corrected chi connectivity index (χ1v) is 9.51. The maximum atomic E-state index is 12.5. The maximum absolute atomic E-state index is 12.5. The van der Waals surface area contributed by atoms with Gasteiger partial charge in [0.25, 0.3) is 0 Å². The van der Waals surface area contributed by atoms with E-state index >= 15 is 0 Å². The Hall–Kier alpha value is -0.210. The van der Waals surface area contributed by atoms with Crippen molar-refractivity contribution in [1.82, 2.24) is 19.4 Å². The summed E-state index contributed by atoms with van der Waals surface area (Å²) in [5.74, 6) is 0.229. The van der Waals surface area contributed by atoms with Crippen LogP contribution in [0.2, 0.25) is 0 Å². The first-order chi connectivity index (χ1) is 9.86. The van der Waals surface area contributed by atoms with Gasteiger partial charge in [-0.15, -0.1) is 0 Å². The highest BCUT2D eigenvalue weighted by atomic mass is 32.2. The average molecular weight is 318 g/mol. The van der Waals surface area contributed by atoms with Crippen molar-refractivity contribution < 1.29 is 8.42 Å². The van der Waals surface area contributed by atoms with Crippen molar-refractivity contribution >= 4 is 10.0 Å². The van der Waals surface area contributed by atoms with Gasteiger partial charge in [-0.1, -0.05) is 0 Å². The minimum atomic E-state index is -3.16. The second kappa shape index (κ2) is 6.91. The summed E-state index contributed by atoms with van der Waals surface area (Å²) in [5.41, 5.74) is 0.0524. The first-order valence-electron chi connectivity index (χ1n) is 7.90. The van der Waals surface area contributed by atoms with Gasteiger partial charge in [0.15, 0.2) is 0 Å². The van der Waals surface area contributed by atoms with Gasteiger partial charge in [0.2, 0.25) is 10.0 Å². The first kappa shape index (κ1) is 17.1. The molecule has 7 heteroatoms. The number of likely N-dealkylation sites (N-methyl/N-ethyl adjacent to an activating group) is 2. The fraction of sp³-hybridized carbons (Fsp3) is 1.00. The molecule has 1 N–H and O–H groups in total. The number of hydrogen-bond acceptors (Lipinski definition) is 5. The van der Waals surface area contributed by atoms with Crippen LogP contribution in [0.25, 0.3) is 0 Å². The lowest BCUT2D eigenvalue weighted by atomic mass is 9.75. The number of rotatable bonds is 7. The van der Waals surface area contributed by atoms with E-state index in [4.69, 9.17) is 0 Å². The second-order valence-electron chi connectivity index (χ2n) is 6.64. The minimum absolute atomic E-state index is 0.0524. The van der Waals surface area contributed by atoms with Gasteiger partial charge in [-0.25, -0.2) is 12.7 Å². The van der Waals surface area contributed by atoms with E-state index in [2.05, 4.69) is 29.2 Å². The molecule has 0 atom stereocenters. The summed E-state index contributed by atoms with van der Waals surface area (Å²) < 4.78 is 26.5. The van der Waals surface area contributed by atoms with Crippen LogP contribution in [0, 0.1) is 0 Å². The van der Waals surface area contributed by atoms with Crippen molar-refractivity contribution in [3.05, 3.63) is 0 Å². The lowest BCUT2D eigenvalue weighted by molar-refractivity contribution is 0.0455. The highest BCUT2D eigenvalue weighted by molar-refractivity contribution is 7.89. The number of nitrogens with one attached hydrogen (secondary N) is 1. The number of sulfonamides is 1. The summed E-state index contributed by atoms with van der Waals surface area (Å²) in [5, 5.41) is 3.29. The molecule has 0 radical (unpaired) electrons. The molecule has 0 aromatic heterocycles. The van der Waals surface area contributed by atoms with E-state index in [1.807, 2.05) is 0 Å². The van der Waals surface area contributed by atoms with Gasteiger partial charge in [-0.3, -0.25) is 4.90 Å². The molecule has 0 bridgehead atoms. The van der Waals surface area contributed by atoms with Gasteiger partial charge in [-0.05, 0) is 33.4 Å². The Kier molecular flexibility index (Phi) is 5.65. The van der Waals surface area contributed by atoms with E-state index in [9.17, 15) is 8.42 Å². The van der Waals surface area contributed by atoms with E-state index in [0.717, 1.165) is 39.0 Å². The largest absolute Gasteiger partial charge is 0.314 e. The maximum Gasteiger partial charge on any atom is 0.215 e. The predicted molar refractivity (Wildman–Crippen MR) is 86.0 cm³/mol. The summed E-state index contributed by atoms with van der Waals surface area (Å²) >= 11 is 0. The normalized spacial score (nSPS) is 23.5. The topological polar surface area (TPSA) is 55.9 Å². The van der Waals surface area contributed by atoms with Crippen LogP contribution >= 0.6 is 0 Å². The number of hydrogen-bond donors (Lipinski definition) is 1. The standard InChI is InChI=1S/C14H30N4O2S/c1-16(2)14(5-4-6-14)13-17(3)21(19,20)12-11-18-9-7-15-8-10-18/h15H,4-13H2,1-3H3. The third-order valence-electron chi connectivity index (χ3n) is 5.10. The zero-order valence-corrected chi connectivity index (χ0v) is 14.5. The SMILES string of the molecule is CN(C)C1(CN(C)S(=O)(=O)CCN2CCNCC2)CCC1. The van der Waals surface area contributed by atoms with Crippen molar-refractivity contribution in [1.29, 1.82) is 0 Å². The van der Waals surface area contributed by atoms with Crippen molar-refractivity contribution in [3.8, 4) is 0 Å². The fourth-order valence-electron chi connectivity index (χ4n) is 3.18. The number of piperazine rings is 1. The summed E-state index contributed by atoms with van der Waals surface area (Å²) in [6, 6.07) is 0. The molecule has 2 fully saturated rings. The molecule has 0 spiro atoms. The molecule has 1 saturated heterocycles. The van der Waals surface area contributed by atoms with Crippen LogP contribution in [0.1, 0.15) is 19.3 Å². The summed E-state index contributed by atoms with van der Waals surface area (Å²) in [6.45, 7) is 5.06. The van der Waals surface area contributed by atoms with E-state index in [1.54, 1.807) is 11.4 Å². The van der Waals surface area contributed by atoms with E-state index in [0.29, 0.717) is 13.1 Å². The van der Waals surface area contributed by atoms with Crippen LogP contribution in [0.15, 0.2) is 0 Å². The van der Waals surface area contributed by atoms with Crippen LogP contribution in [0.5, 0.6) is 0 Å². The fourth-order valence-corrected chi connectivity index (χ4v) is 4.42. The van der Waals surface area contributed by atoms with Gasteiger partial charge >= 0.3 is 0 Å².